The number of phenolic OH excluding ortho intramolecular Hbond substituents is 1. The summed E-state index contributed by atoms with van der Waals surface area (Å²) in [7, 11) is 1.54. The van der Waals surface area contributed by atoms with Crippen molar-refractivity contribution >= 4 is 28.3 Å². The first-order valence-electron chi connectivity index (χ1n) is 5.43. The lowest BCUT2D eigenvalue weighted by Crippen LogP contribution is -2.11. The number of hydrogen-bond donors (Lipinski definition) is 2. The van der Waals surface area contributed by atoms with Gasteiger partial charge in [-0.3, -0.25) is 0 Å². The van der Waals surface area contributed by atoms with Crippen molar-refractivity contribution in [2.45, 2.75) is 25.3 Å². The first-order valence-corrected chi connectivity index (χ1v) is 6.23. The van der Waals surface area contributed by atoms with Gasteiger partial charge in [-0.1, -0.05) is 28.8 Å². The molecule has 1 saturated carbocycles. The number of benzene rings is 1. The van der Waals surface area contributed by atoms with Crippen molar-refractivity contribution in [3.63, 3.8) is 0 Å². The smallest absolute Gasteiger partial charge is 0.162 e. The number of rotatable bonds is 4. The maximum absolute atomic E-state index is 9.99. The molecule has 1 aromatic carbocycles. The maximum Gasteiger partial charge on any atom is 0.162 e. The van der Waals surface area contributed by atoms with Crippen LogP contribution in [0.15, 0.2) is 16.6 Å². The molecule has 3 N–H and O–H groups in total. The second-order valence-electron chi connectivity index (χ2n) is 4.33. The van der Waals surface area contributed by atoms with Crippen molar-refractivity contribution in [2.24, 2.45) is 11.7 Å². The second kappa shape index (κ2) is 5.94. The lowest BCUT2D eigenvalue weighted by molar-refractivity contribution is 0.367. The van der Waals surface area contributed by atoms with Crippen molar-refractivity contribution in [2.75, 3.05) is 7.11 Å². The first kappa shape index (κ1) is 14.6. The Morgan fingerprint density at radius 3 is 2.71 bits per heavy atom. The molecule has 0 amide bonds. The molecule has 0 aromatic heterocycles. The molecule has 2 rings (SSSR count). The van der Waals surface area contributed by atoms with E-state index < -0.39 is 0 Å². The molecular formula is C12H17BrClNO2. The van der Waals surface area contributed by atoms with Gasteiger partial charge in [-0.2, -0.15) is 0 Å². The Kier molecular flexibility index (Phi) is 5.10. The summed E-state index contributed by atoms with van der Waals surface area (Å²) in [5, 5.41) is 9.99. The minimum Gasteiger partial charge on any atom is -0.504 e. The first-order chi connectivity index (χ1) is 7.61. The van der Waals surface area contributed by atoms with Crippen LogP contribution in [0.4, 0.5) is 0 Å². The monoisotopic (exact) mass is 321 g/mol. The fourth-order valence-electron chi connectivity index (χ4n) is 1.87. The third kappa shape index (κ3) is 3.50. The molecule has 0 bridgehead atoms. The molecule has 1 atom stereocenters. The van der Waals surface area contributed by atoms with Crippen molar-refractivity contribution in [1.82, 2.24) is 0 Å². The molecule has 0 saturated heterocycles. The van der Waals surface area contributed by atoms with Gasteiger partial charge in [0.25, 0.3) is 0 Å². The normalized spacial score (nSPS) is 16.2. The van der Waals surface area contributed by atoms with Gasteiger partial charge in [-0.05, 0) is 24.5 Å². The standard InChI is InChI=1S/C12H16BrNO2.ClH/c1-16-11-6-8(13)5-9(12(11)15)10(14)4-7-2-3-7;/h5-7,10,15H,2-4,14H2,1H3;1H/t10-;/m0./s1. The third-order valence-electron chi connectivity index (χ3n) is 2.97. The highest BCUT2D eigenvalue weighted by molar-refractivity contribution is 9.10. The van der Waals surface area contributed by atoms with Crippen molar-refractivity contribution in [3.8, 4) is 11.5 Å². The van der Waals surface area contributed by atoms with Gasteiger partial charge in [0.1, 0.15) is 0 Å². The molecule has 1 aromatic rings. The maximum atomic E-state index is 9.99. The molecule has 0 spiro atoms. The van der Waals surface area contributed by atoms with Gasteiger partial charge in [0, 0.05) is 16.1 Å². The summed E-state index contributed by atoms with van der Waals surface area (Å²) >= 11 is 3.39. The van der Waals surface area contributed by atoms with E-state index in [1.165, 1.54) is 20.0 Å². The van der Waals surface area contributed by atoms with E-state index in [4.69, 9.17) is 10.5 Å². The van der Waals surface area contributed by atoms with E-state index in [2.05, 4.69) is 15.9 Å². The molecule has 1 aliphatic rings. The molecule has 5 heteroatoms. The molecule has 0 aliphatic heterocycles. The molecule has 0 heterocycles. The largest absolute Gasteiger partial charge is 0.504 e. The Bertz CT molecular complexity index is 396. The molecule has 1 fully saturated rings. The van der Waals surface area contributed by atoms with Gasteiger partial charge in [0.15, 0.2) is 11.5 Å². The highest BCUT2D eigenvalue weighted by Crippen LogP contribution is 2.42. The molecule has 0 radical (unpaired) electrons. The van der Waals surface area contributed by atoms with E-state index >= 15 is 0 Å². The molecular weight excluding hydrogens is 305 g/mol. The van der Waals surface area contributed by atoms with Crippen LogP contribution in [-0.2, 0) is 0 Å². The van der Waals surface area contributed by atoms with Gasteiger partial charge in [-0.25, -0.2) is 0 Å². The number of hydrogen-bond acceptors (Lipinski definition) is 3. The SMILES string of the molecule is COc1cc(Br)cc([C@@H](N)CC2CC2)c1O.Cl. The minimum absolute atomic E-state index is 0. The number of phenols is 1. The Hall–Kier alpha value is -0.450. The van der Waals surface area contributed by atoms with Crippen molar-refractivity contribution < 1.29 is 9.84 Å². The predicted octanol–water partition coefficient (Wildman–Crippen LogP) is 3.39. The van der Waals surface area contributed by atoms with Crippen LogP contribution >= 0.6 is 28.3 Å². The van der Waals surface area contributed by atoms with E-state index in [0.29, 0.717) is 5.75 Å². The third-order valence-corrected chi connectivity index (χ3v) is 3.43. The summed E-state index contributed by atoms with van der Waals surface area (Å²) in [6, 6.07) is 3.49. The zero-order chi connectivity index (χ0) is 11.7. The van der Waals surface area contributed by atoms with E-state index in [-0.39, 0.29) is 24.2 Å². The number of nitrogens with two attached hydrogens (primary N) is 1. The number of halogens is 2. The van der Waals surface area contributed by atoms with Crippen LogP contribution < -0.4 is 10.5 Å². The number of aromatic hydroxyl groups is 1. The number of ether oxygens (including phenoxy) is 1. The fraction of sp³-hybridized carbons (Fsp3) is 0.500. The predicted molar refractivity (Wildman–Crippen MR) is 73.9 cm³/mol. The highest BCUT2D eigenvalue weighted by atomic mass is 79.9. The Morgan fingerprint density at radius 1 is 1.53 bits per heavy atom. The van der Waals surface area contributed by atoms with Gasteiger partial charge in [-0.15, -0.1) is 12.4 Å². The lowest BCUT2D eigenvalue weighted by Gasteiger charge is -2.15. The van der Waals surface area contributed by atoms with Crippen LogP contribution in [0.25, 0.3) is 0 Å². The van der Waals surface area contributed by atoms with Crippen LogP contribution in [0, 0.1) is 5.92 Å². The van der Waals surface area contributed by atoms with Crippen LogP contribution in [0.3, 0.4) is 0 Å². The molecule has 0 unspecified atom stereocenters. The molecule has 17 heavy (non-hydrogen) atoms. The lowest BCUT2D eigenvalue weighted by atomic mass is 10.0. The van der Waals surface area contributed by atoms with Crippen molar-refractivity contribution in [1.29, 1.82) is 0 Å². The summed E-state index contributed by atoms with van der Waals surface area (Å²) in [6.45, 7) is 0. The van der Waals surface area contributed by atoms with E-state index in [1.807, 2.05) is 6.07 Å². The second-order valence-corrected chi connectivity index (χ2v) is 5.25. The molecule has 3 nitrogen and oxygen atoms in total. The topological polar surface area (TPSA) is 55.5 Å². The summed E-state index contributed by atoms with van der Waals surface area (Å²) in [5.74, 6) is 1.37. The van der Waals surface area contributed by atoms with E-state index in [9.17, 15) is 5.11 Å². The van der Waals surface area contributed by atoms with Crippen LogP contribution in [0.2, 0.25) is 0 Å². The van der Waals surface area contributed by atoms with Gasteiger partial charge >= 0.3 is 0 Å². The van der Waals surface area contributed by atoms with Crippen LogP contribution in [-0.4, -0.2) is 12.2 Å². The van der Waals surface area contributed by atoms with Gasteiger partial charge in [0.2, 0.25) is 0 Å². The Balaban J connectivity index is 0.00000144. The van der Waals surface area contributed by atoms with Crippen LogP contribution in [0.5, 0.6) is 11.5 Å². The van der Waals surface area contributed by atoms with Crippen molar-refractivity contribution in [3.05, 3.63) is 22.2 Å². The highest BCUT2D eigenvalue weighted by Gasteiger charge is 2.26. The summed E-state index contributed by atoms with van der Waals surface area (Å²) in [4.78, 5) is 0. The Labute approximate surface area is 116 Å². The summed E-state index contributed by atoms with van der Waals surface area (Å²) in [6.07, 6.45) is 3.46. The van der Waals surface area contributed by atoms with E-state index in [1.54, 1.807) is 6.07 Å². The Morgan fingerprint density at radius 2 is 2.18 bits per heavy atom. The molecule has 96 valence electrons. The van der Waals surface area contributed by atoms with E-state index in [0.717, 1.165) is 22.4 Å². The van der Waals surface area contributed by atoms with Gasteiger partial charge in [0.05, 0.1) is 7.11 Å². The minimum atomic E-state index is -0.112. The summed E-state index contributed by atoms with van der Waals surface area (Å²) < 4.78 is 5.98. The fourth-order valence-corrected chi connectivity index (χ4v) is 2.33. The van der Waals surface area contributed by atoms with Crippen LogP contribution in [0.1, 0.15) is 30.9 Å². The quantitative estimate of drug-likeness (QED) is 0.893. The summed E-state index contributed by atoms with van der Waals surface area (Å²) in [5.41, 5.74) is 6.86. The number of methoxy groups -OCH3 is 1. The molecule has 1 aliphatic carbocycles. The average molecular weight is 323 g/mol. The zero-order valence-electron chi connectivity index (χ0n) is 9.65. The van der Waals surface area contributed by atoms with Gasteiger partial charge < -0.3 is 15.6 Å². The average Bonchev–Trinajstić information content (AvgIpc) is 3.04. The zero-order valence-corrected chi connectivity index (χ0v) is 12.1.